The molecule has 0 aliphatic carbocycles. The Morgan fingerprint density at radius 3 is 2.73 bits per heavy atom. The number of rotatable bonds is 3. The summed E-state index contributed by atoms with van der Waals surface area (Å²) in [6.45, 7) is 0. The van der Waals surface area contributed by atoms with Crippen LogP contribution in [0.3, 0.4) is 0 Å². The molecule has 0 bridgehead atoms. The van der Waals surface area contributed by atoms with Gasteiger partial charge in [0.15, 0.2) is 8.68 Å². The quantitative estimate of drug-likeness (QED) is 0.640. The summed E-state index contributed by atoms with van der Waals surface area (Å²) in [6.07, 6.45) is 3.50. The maximum atomic E-state index is 4.12. The van der Waals surface area contributed by atoms with Crippen LogP contribution in [0.5, 0.6) is 0 Å². The van der Waals surface area contributed by atoms with E-state index >= 15 is 0 Å². The van der Waals surface area contributed by atoms with E-state index in [4.69, 9.17) is 0 Å². The smallest absolute Gasteiger partial charge is 0.181 e. The van der Waals surface area contributed by atoms with Crippen molar-refractivity contribution in [3.63, 3.8) is 0 Å². The summed E-state index contributed by atoms with van der Waals surface area (Å²) < 4.78 is 2.63. The van der Waals surface area contributed by atoms with Gasteiger partial charge in [-0.2, -0.15) is 0 Å². The molecule has 2 aromatic heterocycles. The molecule has 0 aromatic carbocycles. The maximum Gasteiger partial charge on any atom is 0.181 e. The van der Waals surface area contributed by atoms with Crippen molar-refractivity contribution in [2.24, 2.45) is 0 Å². The fraction of sp³-hybridized carbons (Fsp3) is 0.143. The second-order valence-corrected chi connectivity index (χ2v) is 6.43. The molecule has 0 saturated carbocycles. The molecular weight excluding hydrogens is 316 g/mol. The number of hydrogen-bond acceptors (Lipinski definition) is 7. The van der Waals surface area contributed by atoms with Crippen molar-refractivity contribution in [1.29, 1.82) is 0 Å². The highest BCUT2D eigenvalue weighted by Gasteiger charge is 2.06. The highest BCUT2D eigenvalue weighted by atomic mass is 79.9. The van der Waals surface area contributed by atoms with Gasteiger partial charge in [0.25, 0.3) is 0 Å². The van der Waals surface area contributed by atoms with Crippen molar-refractivity contribution in [3.05, 3.63) is 17.0 Å². The van der Waals surface area contributed by atoms with Gasteiger partial charge < -0.3 is 0 Å². The highest BCUT2D eigenvalue weighted by Crippen LogP contribution is 2.31. The number of aromatic nitrogens is 4. The van der Waals surface area contributed by atoms with E-state index < -0.39 is 0 Å². The van der Waals surface area contributed by atoms with E-state index in [0.717, 1.165) is 18.3 Å². The fourth-order valence-electron chi connectivity index (χ4n) is 0.784. The van der Waals surface area contributed by atoms with Gasteiger partial charge in [-0.25, -0.2) is 9.97 Å². The Morgan fingerprint density at radius 2 is 2.07 bits per heavy atom. The third-order valence-electron chi connectivity index (χ3n) is 1.36. The lowest BCUT2D eigenvalue weighted by molar-refractivity contribution is 0.951. The van der Waals surface area contributed by atoms with Crippen molar-refractivity contribution in [1.82, 2.24) is 20.2 Å². The Bertz CT molecular complexity index is 461. The summed E-state index contributed by atoms with van der Waals surface area (Å²) in [5.74, 6) is 0. The van der Waals surface area contributed by atoms with E-state index in [1.807, 2.05) is 12.3 Å². The first kappa shape index (κ1) is 11.3. The van der Waals surface area contributed by atoms with Gasteiger partial charge in [-0.05, 0) is 33.9 Å². The van der Waals surface area contributed by atoms with E-state index in [1.165, 1.54) is 18.1 Å². The predicted molar refractivity (Wildman–Crippen MR) is 65.5 cm³/mol. The van der Waals surface area contributed by atoms with Crippen LogP contribution in [0.15, 0.2) is 30.7 Å². The lowest BCUT2D eigenvalue weighted by Gasteiger charge is -1.94. The summed E-state index contributed by atoms with van der Waals surface area (Å²) >= 11 is 7.94. The molecule has 0 aliphatic heterocycles. The molecule has 15 heavy (non-hydrogen) atoms. The highest BCUT2D eigenvalue weighted by molar-refractivity contribution is 9.10. The summed E-state index contributed by atoms with van der Waals surface area (Å²) in [5.41, 5.74) is 0. The maximum absolute atomic E-state index is 4.12. The molecular formula is C7H5BrN4S3. The van der Waals surface area contributed by atoms with Gasteiger partial charge in [0.05, 0.1) is 0 Å². The van der Waals surface area contributed by atoms with Crippen LogP contribution in [-0.2, 0) is 0 Å². The molecule has 78 valence electrons. The summed E-state index contributed by atoms with van der Waals surface area (Å²) in [6, 6.07) is 1.85. The molecule has 0 radical (unpaired) electrons. The molecule has 2 aromatic rings. The Morgan fingerprint density at radius 1 is 1.27 bits per heavy atom. The molecule has 0 aliphatic rings. The van der Waals surface area contributed by atoms with Gasteiger partial charge >= 0.3 is 0 Å². The van der Waals surface area contributed by atoms with Crippen LogP contribution in [0.1, 0.15) is 0 Å². The SMILES string of the molecule is CSc1nnc(Sc2cc(Br)ncn2)s1. The zero-order valence-corrected chi connectivity index (χ0v) is 11.6. The van der Waals surface area contributed by atoms with E-state index in [0.29, 0.717) is 0 Å². The van der Waals surface area contributed by atoms with Crippen molar-refractivity contribution < 1.29 is 0 Å². The predicted octanol–water partition coefficient (Wildman–Crippen LogP) is 2.96. The van der Waals surface area contributed by atoms with E-state index in [1.54, 1.807) is 23.1 Å². The molecule has 2 heterocycles. The summed E-state index contributed by atoms with van der Waals surface area (Å²) in [5, 5.41) is 8.92. The first-order valence-electron chi connectivity index (χ1n) is 3.81. The molecule has 0 N–H and O–H groups in total. The zero-order chi connectivity index (χ0) is 10.7. The molecule has 0 spiro atoms. The van der Waals surface area contributed by atoms with Crippen LogP contribution in [0.25, 0.3) is 0 Å². The minimum atomic E-state index is 0.773. The average Bonchev–Trinajstić information content (AvgIpc) is 2.65. The summed E-state index contributed by atoms with van der Waals surface area (Å²) in [7, 11) is 0. The third kappa shape index (κ3) is 3.13. The second-order valence-electron chi connectivity index (χ2n) is 2.32. The minimum absolute atomic E-state index is 0.773. The largest absolute Gasteiger partial charge is 0.230 e. The van der Waals surface area contributed by atoms with Crippen molar-refractivity contribution in [2.75, 3.05) is 6.26 Å². The van der Waals surface area contributed by atoms with Gasteiger partial charge in [-0.1, -0.05) is 23.1 Å². The molecule has 0 unspecified atom stereocenters. The molecule has 0 amide bonds. The second kappa shape index (κ2) is 5.24. The number of nitrogens with zero attached hydrogens (tertiary/aromatic N) is 4. The Hall–Kier alpha value is -0.180. The topological polar surface area (TPSA) is 51.6 Å². The van der Waals surface area contributed by atoms with Crippen molar-refractivity contribution in [3.8, 4) is 0 Å². The van der Waals surface area contributed by atoms with Crippen LogP contribution in [0.4, 0.5) is 0 Å². The first-order chi connectivity index (χ1) is 7.28. The van der Waals surface area contributed by atoms with Crippen LogP contribution < -0.4 is 0 Å². The molecule has 0 atom stereocenters. The molecule has 0 fully saturated rings. The molecule has 2 rings (SSSR count). The van der Waals surface area contributed by atoms with Crippen LogP contribution in [0.2, 0.25) is 0 Å². The van der Waals surface area contributed by atoms with Crippen molar-refractivity contribution in [2.45, 2.75) is 13.7 Å². The van der Waals surface area contributed by atoms with Crippen LogP contribution in [-0.4, -0.2) is 26.4 Å². The Kier molecular flexibility index (Phi) is 3.95. The van der Waals surface area contributed by atoms with E-state index in [-0.39, 0.29) is 0 Å². The van der Waals surface area contributed by atoms with Gasteiger partial charge in [0.1, 0.15) is 16.0 Å². The first-order valence-corrected chi connectivity index (χ1v) is 7.46. The Balaban J connectivity index is 2.14. The fourth-order valence-corrected chi connectivity index (χ4v) is 3.60. The van der Waals surface area contributed by atoms with Crippen molar-refractivity contribution >= 4 is 50.8 Å². The lowest BCUT2D eigenvalue weighted by Crippen LogP contribution is -1.82. The third-order valence-corrected chi connectivity index (χ3v) is 4.68. The average molecular weight is 321 g/mol. The lowest BCUT2D eigenvalue weighted by atomic mass is 10.7. The summed E-state index contributed by atoms with van der Waals surface area (Å²) in [4.78, 5) is 8.08. The van der Waals surface area contributed by atoms with Gasteiger partial charge in [0.2, 0.25) is 0 Å². The van der Waals surface area contributed by atoms with Crippen LogP contribution in [0, 0.1) is 0 Å². The normalized spacial score (nSPS) is 10.5. The molecule has 0 saturated heterocycles. The Labute approximate surface area is 107 Å². The standard InChI is InChI=1S/C7H5BrN4S3/c1-13-6-11-12-7(15-6)14-5-2-4(8)9-3-10-5/h2-3H,1H3. The van der Waals surface area contributed by atoms with E-state index in [9.17, 15) is 0 Å². The number of thioether (sulfide) groups is 1. The van der Waals surface area contributed by atoms with Gasteiger partial charge in [-0.3, -0.25) is 0 Å². The minimum Gasteiger partial charge on any atom is -0.230 e. The van der Waals surface area contributed by atoms with Crippen LogP contribution >= 0.6 is 50.8 Å². The van der Waals surface area contributed by atoms with E-state index in [2.05, 4.69) is 36.1 Å². The number of hydrogen-bond donors (Lipinski definition) is 0. The number of halogens is 1. The molecule has 8 heteroatoms. The zero-order valence-electron chi connectivity index (χ0n) is 7.55. The van der Waals surface area contributed by atoms with Gasteiger partial charge in [0, 0.05) is 6.07 Å². The molecule has 4 nitrogen and oxygen atoms in total. The van der Waals surface area contributed by atoms with Gasteiger partial charge in [-0.15, -0.1) is 10.2 Å². The monoisotopic (exact) mass is 320 g/mol.